The molecule has 0 fully saturated rings. The van der Waals surface area contributed by atoms with Crippen molar-refractivity contribution in [2.45, 2.75) is 13.8 Å². The first kappa shape index (κ1) is 9.26. The zero-order chi connectivity index (χ0) is 10.0. The third-order valence-corrected chi connectivity index (χ3v) is 1.72. The Morgan fingerprint density at radius 2 is 2.31 bits per heavy atom. The highest BCUT2D eigenvalue weighted by Gasteiger charge is 2.11. The van der Waals surface area contributed by atoms with E-state index < -0.39 is 0 Å². The molecule has 68 valence electrons. The van der Waals surface area contributed by atoms with Crippen molar-refractivity contribution in [1.29, 1.82) is 5.26 Å². The lowest BCUT2D eigenvalue weighted by Gasteiger charge is -1.96. The Bertz CT molecular complexity index is 386. The van der Waals surface area contributed by atoms with Crippen LogP contribution in [0.5, 0.6) is 0 Å². The highest BCUT2D eigenvalue weighted by Crippen LogP contribution is 2.13. The molecule has 0 saturated carbocycles. The van der Waals surface area contributed by atoms with E-state index in [2.05, 4.69) is 10.3 Å². The first-order chi connectivity index (χ1) is 6.06. The van der Waals surface area contributed by atoms with Gasteiger partial charge in [0, 0.05) is 14.0 Å². The number of rotatable bonds is 1. The Hall–Kier alpha value is -1.83. The number of carbonyl (C=O) groups excluding carboxylic acids is 1. The van der Waals surface area contributed by atoms with Gasteiger partial charge in [-0.1, -0.05) is 0 Å². The van der Waals surface area contributed by atoms with Crippen LogP contribution in [-0.2, 0) is 11.8 Å². The van der Waals surface area contributed by atoms with Crippen LogP contribution >= 0.6 is 0 Å². The van der Waals surface area contributed by atoms with Gasteiger partial charge in [0.15, 0.2) is 11.5 Å². The summed E-state index contributed by atoms with van der Waals surface area (Å²) < 4.78 is 1.63. The molecule has 0 aliphatic heterocycles. The first-order valence-electron chi connectivity index (χ1n) is 3.77. The lowest BCUT2D eigenvalue weighted by atomic mass is 10.4. The van der Waals surface area contributed by atoms with Gasteiger partial charge in [0.1, 0.15) is 11.9 Å². The van der Waals surface area contributed by atoms with Crippen LogP contribution in [0.25, 0.3) is 0 Å². The summed E-state index contributed by atoms with van der Waals surface area (Å²) in [5.74, 6) is 0.796. The normalized spacial score (nSPS) is 9.38. The minimum Gasteiger partial charge on any atom is -0.321 e. The molecule has 5 heteroatoms. The van der Waals surface area contributed by atoms with E-state index in [-0.39, 0.29) is 5.91 Å². The minimum atomic E-state index is -0.227. The summed E-state index contributed by atoms with van der Waals surface area (Å²) in [6, 6.07) is 1.98. The SMILES string of the molecule is CC(=O)Nc1nc(C)n(C)c1C#N. The molecule has 0 bridgehead atoms. The van der Waals surface area contributed by atoms with Crippen LogP contribution in [-0.4, -0.2) is 15.5 Å². The second-order valence-electron chi connectivity index (χ2n) is 2.71. The van der Waals surface area contributed by atoms with E-state index in [0.29, 0.717) is 17.3 Å². The molecule has 0 atom stereocenters. The maximum Gasteiger partial charge on any atom is 0.222 e. The van der Waals surface area contributed by atoms with Gasteiger partial charge in [0.25, 0.3) is 0 Å². The van der Waals surface area contributed by atoms with E-state index in [4.69, 9.17) is 5.26 Å². The number of nitriles is 1. The number of carbonyl (C=O) groups is 1. The molecule has 0 unspecified atom stereocenters. The summed E-state index contributed by atoms with van der Waals surface area (Å²) in [4.78, 5) is 14.8. The number of hydrogen-bond donors (Lipinski definition) is 1. The van der Waals surface area contributed by atoms with E-state index in [1.54, 1.807) is 18.5 Å². The largest absolute Gasteiger partial charge is 0.321 e. The standard InChI is InChI=1S/C8H10N4O/c1-5-10-8(11-6(2)13)7(4-9)12(5)3/h1-3H3,(H,11,13). The van der Waals surface area contributed by atoms with Crippen LogP contribution in [0, 0.1) is 18.3 Å². The molecule has 1 aromatic rings. The molecule has 0 aliphatic carbocycles. The lowest BCUT2D eigenvalue weighted by molar-refractivity contribution is -0.114. The van der Waals surface area contributed by atoms with E-state index in [1.165, 1.54) is 6.92 Å². The number of aromatic nitrogens is 2. The van der Waals surface area contributed by atoms with Crippen molar-refractivity contribution in [3.8, 4) is 6.07 Å². The topological polar surface area (TPSA) is 70.7 Å². The quantitative estimate of drug-likeness (QED) is 0.683. The van der Waals surface area contributed by atoms with E-state index in [9.17, 15) is 4.79 Å². The molecule has 1 rings (SSSR count). The fraction of sp³-hybridized carbons (Fsp3) is 0.375. The first-order valence-corrected chi connectivity index (χ1v) is 3.77. The highest BCUT2D eigenvalue weighted by atomic mass is 16.1. The second-order valence-corrected chi connectivity index (χ2v) is 2.71. The van der Waals surface area contributed by atoms with Crippen molar-refractivity contribution < 1.29 is 4.79 Å². The third-order valence-electron chi connectivity index (χ3n) is 1.72. The summed E-state index contributed by atoms with van der Waals surface area (Å²) in [7, 11) is 1.73. The average molecular weight is 178 g/mol. The molecule has 5 nitrogen and oxygen atoms in total. The smallest absolute Gasteiger partial charge is 0.222 e. The lowest BCUT2D eigenvalue weighted by Crippen LogP contribution is -2.07. The van der Waals surface area contributed by atoms with Crippen molar-refractivity contribution in [3.63, 3.8) is 0 Å². The number of nitrogens with zero attached hydrogens (tertiary/aromatic N) is 3. The Labute approximate surface area is 76.0 Å². The molecule has 0 aliphatic rings. The Morgan fingerprint density at radius 3 is 2.77 bits per heavy atom. The molecule has 1 heterocycles. The van der Waals surface area contributed by atoms with E-state index >= 15 is 0 Å². The maximum absolute atomic E-state index is 10.7. The van der Waals surface area contributed by atoms with Crippen LogP contribution in [0.15, 0.2) is 0 Å². The van der Waals surface area contributed by atoms with Crippen molar-refractivity contribution in [1.82, 2.24) is 9.55 Å². The predicted molar refractivity (Wildman–Crippen MR) is 47.0 cm³/mol. The molecule has 1 amide bonds. The van der Waals surface area contributed by atoms with Gasteiger partial charge in [-0.2, -0.15) is 5.26 Å². The third kappa shape index (κ3) is 1.67. The Morgan fingerprint density at radius 1 is 1.69 bits per heavy atom. The highest BCUT2D eigenvalue weighted by molar-refractivity contribution is 5.88. The number of amides is 1. The fourth-order valence-corrected chi connectivity index (χ4v) is 0.992. The van der Waals surface area contributed by atoms with Crippen LogP contribution < -0.4 is 5.32 Å². The van der Waals surface area contributed by atoms with Crippen molar-refractivity contribution >= 4 is 11.7 Å². The van der Waals surface area contributed by atoms with Gasteiger partial charge in [0.05, 0.1) is 0 Å². The molecule has 1 aromatic heterocycles. The van der Waals surface area contributed by atoms with Gasteiger partial charge in [-0.05, 0) is 6.92 Å². The molecule has 0 saturated heterocycles. The van der Waals surface area contributed by atoms with Gasteiger partial charge in [-0.15, -0.1) is 0 Å². The van der Waals surface area contributed by atoms with Crippen LogP contribution in [0.3, 0.4) is 0 Å². The average Bonchev–Trinajstić information content (AvgIpc) is 2.27. The number of imidazole rings is 1. The van der Waals surface area contributed by atoms with Gasteiger partial charge >= 0.3 is 0 Å². The predicted octanol–water partition coefficient (Wildman–Crippen LogP) is 0.559. The molecule has 0 radical (unpaired) electrons. The minimum absolute atomic E-state index is 0.227. The van der Waals surface area contributed by atoms with Crippen LogP contribution in [0.1, 0.15) is 18.4 Å². The summed E-state index contributed by atoms with van der Waals surface area (Å²) in [6.07, 6.45) is 0. The summed E-state index contributed by atoms with van der Waals surface area (Å²) in [6.45, 7) is 3.15. The van der Waals surface area contributed by atoms with Crippen molar-refractivity contribution in [2.24, 2.45) is 7.05 Å². The molecule has 0 aromatic carbocycles. The number of anilines is 1. The van der Waals surface area contributed by atoms with Crippen LogP contribution in [0.4, 0.5) is 5.82 Å². The number of aryl methyl sites for hydroxylation is 1. The van der Waals surface area contributed by atoms with Crippen molar-refractivity contribution in [2.75, 3.05) is 5.32 Å². The van der Waals surface area contributed by atoms with Gasteiger partial charge in [-0.25, -0.2) is 4.98 Å². The number of nitrogens with one attached hydrogen (secondary N) is 1. The monoisotopic (exact) mass is 178 g/mol. The zero-order valence-electron chi connectivity index (χ0n) is 7.75. The molecular formula is C8H10N4O. The molecule has 1 N–H and O–H groups in total. The molecular weight excluding hydrogens is 168 g/mol. The fourth-order valence-electron chi connectivity index (χ4n) is 0.992. The zero-order valence-corrected chi connectivity index (χ0v) is 7.75. The maximum atomic E-state index is 10.7. The summed E-state index contributed by atoms with van der Waals surface area (Å²) in [5, 5.41) is 11.3. The molecule has 0 spiro atoms. The van der Waals surface area contributed by atoms with Crippen molar-refractivity contribution in [3.05, 3.63) is 11.5 Å². The molecule has 13 heavy (non-hydrogen) atoms. The Balaban J connectivity index is 3.15. The van der Waals surface area contributed by atoms with E-state index in [1.807, 2.05) is 6.07 Å². The van der Waals surface area contributed by atoms with E-state index in [0.717, 1.165) is 0 Å². The summed E-state index contributed by atoms with van der Waals surface area (Å²) in [5.41, 5.74) is 0.368. The summed E-state index contributed by atoms with van der Waals surface area (Å²) >= 11 is 0. The van der Waals surface area contributed by atoms with Gasteiger partial charge < -0.3 is 9.88 Å². The second kappa shape index (κ2) is 3.27. The van der Waals surface area contributed by atoms with Crippen LogP contribution in [0.2, 0.25) is 0 Å². The van der Waals surface area contributed by atoms with Gasteiger partial charge in [-0.3, -0.25) is 4.79 Å². The Kier molecular flexibility index (Phi) is 2.33. The number of hydrogen-bond acceptors (Lipinski definition) is 3. The van der Waals surface area contributed by atoms with Gasteiger partial charge in [0.2, 0.25) is 5.91 Å².